The molecule has 40 heavy (non-hydrogen) atoms. The van der Waals surface area contributed by atoms with Crippen molar-refractivity contribution in [3.05, 3.63) is 0 Å². The van der Waals surface area contributed by atoms with Gasteiger partial charge in [-0.15, -0.1) is 0 Å². The lowest BCUT2D eigenvalue weighted by molar-refractivity contribution is -0.207. The van der Waals surface area contributed by atoms with Gasteiger partial charge in [-0.25, -0.2) is 4.39 Å². The Morgan fingerprint density at radius 2 is 1.73 bits per heavy atom. The van der Waals surface area contributed by atoms with Gasteiger partial charge < -0.3 is 20.1 Å². The van der Waals surface area contributed by atoms with Crippen molar-refractivity contribution < 1.29 is 51.0 Å². The zero-order valence-corrected chi connectivity index (χ0v) is 24.3. The zero-order chi connectivity index (χ0) is 29.8. The molecule has 0 aromatic carbocycles. The van der Waals surface area contributed by atoms with E-state index in [1.807, 2.05) is 6.92 Å². The lowest BCUT2D eigenvalue weighted by atomic mass is 9.43. The van der Waals surface area contributed by atoms with Gasteiger partial charge in [-0.2, -0.15) is 17.2 Å². The Morgan fingerprint density at radius 3 is 2.38 bits per heavy atom. The van der Waals surface area contributed by atoms with Crippen molar-refractivity contribution in [2.24, 2.45) is 46.3 Å². The molecule has 4 saturated carbocycles. The molecule has 0 radical (unpaired) electrons. The number of hydrogen-bond acceptors (Lipinski definition) is 7. The average Bonchev–Trinajstić information content (AvgIpc) is 3.22. The lowest BCUT2D eigenvalue weighted by Gasteiger charge is -2.63. The fourth-order valence-electron chi connectivity index (χ4n) is 9.36. The van der Waals surface area contributed by atoms with Crippen LogP contribution in [0.15, 0.2) is 0 Å². The van der Waals surface area contributed by atoms with E-state index in [1.165, 1.54) is 0 Å². The fraction of sp³-hybridized carbons (Fsp3) is 0.964. The van der Waals surface area contributed by atoms with E-state index in [4.69, 9.17) is 9.29 Å². The molecular formula is C28H45F3O8S. The average molecular weight is 599 g/mol. The van der Waals surface area contributed by atoms with Crippen LogP contribution in [0.25, 0.3) is 0 Å². The van der Waals surface area contributed by atoms with Crippen molar-refractivity contribution in [3.8, 4) is 0 Å². The van der Waals surface area contributed by atoms with Crippen LogP contribution >= 0.6 is 0 Å². The molecule has 0 spiro atoms. The molecule has 4 N–H and O–H groups in total. The predicted molar refractivity (Wildman–Crippen MR) is 139 cm³/mol. The van der Waals surface area contributed by atoms with Crippen molar-refractivity contribution in [2.45, 2.75) is 115 Å². The first-order valence-electron chi connectivity index (χ1n) is 14.6. The summed E-state index contributed by atoms with van der Waals surface area (Å²) < 4.78 is 74.9. The second kappa shape index (κ2) is 11.3. The van der Waals surface area contributed by atoms with E-state index < -0.39 is 58.2 Å². The minimum atomic E-state index is -5.92. The summed E-state index contributed by atoms with van der Waals surface area (Å²) in [5.41, 5.74) is -0.464. The van der Waals surface area contributed by atoms with E-state index in [0.717, 1.165) is 25.7 Å². The standard InChI is InChI=1S/C28H45F3O8S/c1-15(4-7-24(35)39-11-9-22(29)28(30,31)40(36,37)38)18-5-6-19-25-20(14-23(34)27(18,19)3)26(2)10-8-17(32)12-16(26)13-21(25)33/h15-23,25,32-34H,4-14H2,1-3H3,(H,36,37,38)/t15-,16+,17-,18-,19+,20+,21+,22?,23?,25+,26+,27-/m1/s1. The van der Waals surface area contributed by atoms with Gasteiger partial charge in [0.2, 0.25) is 0 Å². The van der Waals surface area contributed by atoms with Gasteiger partial charge in [0.15, 0.2) is 6.17 Å². The first kappa shape index (κ1) is 32.0. The number of esters is 1. The minimum absolute atomic E-state index is 0.0143. The van der Waals surface area contributed by atoms with E-state index in [1.54, 1.807) is 0 Å². The van der Waals surface area contributed by atoms with Gasteiger partial charge in [0.05, 0.1) is 24.9 Å². The molecule has 4 aliphatic rings. The van der Waals surface area contributed by atoms with Crippen molar-refractivity contribution in [3.63, 3.8) is 0 Å². The molecule has 232 valence electrons. The maximum absolute atomic E-state index is 13.6. The Balaban J connectivity index is 1.35. The van der Waals surface area contributed by atoms with Crippen molar-refractivity contribution >= 4 is 16.1 Å². The quantitative estimate of drug-likeness (QED) is 0.230. The van der Waals surface area contributed by atoms with Crippen LogP contribution in [0.3, 0.4) is 0 Å². The van der Waals surface area contributed by atoms with Crippen LogP contribution in [0, 0.1) is 46.3 Å². The number of aliphatic hydroxyl groups is 3. The molecule has 0 aromatic rings. The molecule has 0 amide bonds. The van der Waals surface area contributed by atoms with Gasteiger partial charge in [0.25, 0.3) is 0 Å². The molecule has 0 saturated heterocycles. The number of fused-ring (bicyclic) bond motifs is 5. The number of hydrogen-bond donors (Lipinski definition) is 4. The first-order chi connectivity index (χ1) is 18.4. The summed E-state index contributed by atoms with van der Waals surface area (Å²) in [6, 6.07) is 0. The summed E-state index contributed by atoms with van der Waals surface area (Å²) in [4.78, 5) is 12.2. The van der Waals surface area contributed by atoms with Crippen LogP contribution in [0.5, 0.6) is 0 Å². The summed E-state index contributed by atoms with van der Waals surface area (Å²) in [6.45, 7) is 5.64. The van der Waals surface area contributed by atoms with Crippen LogP contribution in [-0.4, -0.2) is 70.6 Å². The van der Waals surface area contributed by atoms with E-state index in [2.05, 4.69) is 13.8 Å². The molecule has 4 fully saturated rings. The Kier molecular flexibility index (Phi) is 9.02. The monoisotopic (exact) mass is 598 g/mol. The zero-order valence-electron chi connectivity index (χ0n) is 23.5. The maximum atomic E-state index is 13.6. The predicted octanol–water partition coefficient (Wildman–Crippen LogP) is 4.12. The molecule has 8 nitrogen and oxygen atoms in total. The van der Waals surface area contributed by atoms with Crippen molar-refractivity contribution in [2.75, 3.05) is 6.61 Å². The molecule has 4 aliphatic carbocycles. The van der Waals surface area contributed by atoms with Crippen LogP contribution in [-0.2, 0) is 19.6 Å². The van der Waals surface area contributed by atoms with E-state index in [-0.39, 0.29) is 53.4 Å². The lowest BCUT2D eigenvalue weighted by Crippen LogP contribution is -2.62. The van der Waals surface area contributed by atoms with Crippen LogP contribution in [0.2, 0.25) is 0 Å². The number of carbonyl (C=O) groups excluding carboxylic acids is 1. The number of halogens is 3. The van der Waals surface area contributed by atoms with Gasteiger partial charge in [-0.05, 0) is 97.7 Å². The SMILES string of the molecule is C[C@H](CCC(=O)OCCC(F)C(F)(F)S(=O)(=O)O)[C@H]1CC[C@H]2[C@@H]3[C@@H](O)C[C@@H]4C[C@H](O)CC[C@]4(C)[C@H]3CC(O)[C@]12C. The van der Waals surface area contributed by atoms with Crippen LogP contribution < -0.4 is 0 Å². The minimum Gasteiger partial charge on any atom is -0.466 e. The number of aliphatic hydroxyl groups excluding tert-OH is 3. The smallest absolute Gasteiger partial charge is 0.400 e. The second-order valence-electron chi connectivity index (χ2n) is 13.6. The molecule has 0 aromatic heterocycles. The summed E-state index contributed by atoms with van der Waals surface area (Å²) in [7, 11) is -5.92. The Morgan fingerprint density at radius 1 is 1.05 bits per heavy atom. The van der Waals surface area contributed by atoms with E-state index in [0.29, 0.717) is 25.7 Å². The Hall–Kier alpha value is -0.950. The molecular weight excluding hydrogens is 553 g/mol. The molecule has 4 rings (SSSR count). The molecule has 12 atom stereocenters. The van der Waals surface area contributed by atoms with Crippen molar-refractivity contribution in [1.29, 1.82) is 0 Å². The fourth-order valence-corrected chi connectivity index (χ4v) is 9.80. The molecule has 0 bridgehead atoms. The number of ether oxygens (including phenoxy) is 1. The van der Waals surface area contributed by atoms with Crippen LogP contribution in [0.1, 0.15) is 85.0 Å². The maximum Gasteiger partial charge on any atom is 0.400 e. The topological polar surface area (TPSA) is 141 Å². The Labute approximate surface area is 234 Å². The van der Waals surface area contributed by atoms with E-state index >= 15 is 0 Å². The second-order valence-corrected chi connectivity index (χ2v) is 15.0. The highest BCUT2D eigenvalue weighted by Gasteiger charge is 2.65. The van der Waals surface area contributed by atoms with Gasteiger partial charge in [-0.1, -0.05) is 20.8 Å². The van der Waals surface area contributed by atoms with Gasteiger partial charge in [0, 0.05) is 12.8 Å². The summed E-state index contributed by atoms with van der Waals surface area (Å²) >= 11 is 0. The molecule has 0 heterocycles. The normalized spacial score (nSPS) is 43.2. The summed E-state index contributed by atoms with van der Waals surface area (Å²) in [5.74, 6) is -0.0000659. The number of rotatable bonds is 9. The Bertz CT molecular complexity index is 1040. The number of alkyl halides is 3. The van der Waals surface area contributed by atoms with E-state index in [9.17, 15) is 41.7 Å². The third-order valence-corrected chi connectivity index (χ3v) is 12.6. The highest BCUT2D eigenvalue weighted by atomic mass is 32.2. The third kappa shape index (κ3) is 5.44. The molecule has 0 aliphatic heterocycles. The van der Waals surface area contributed by atoms with Gasteiger partial charge in [-0.3, -0.25) is 9.35 Å². The largest absolute Gasteiger partial charge is 0.466 e. The number of carbonyl (C=O) groups is 1. The summed E-state index contributed by atoms with van der Waals surface area (Å²) in [5, 5.41) is 28.3. The summed E-state index contributed by atoms with van der Waals surface area (Å²) in [6.07, 6.45) is -0.00481. The molecule has 2 unspecified atom stereocenters. The first-order valence-corrected chi connectivity index (χ1v) is 16.1. The van der Waals surface area contributed by atoms with Crippen molar-refractivity contribution in [1.82, 2.24) is 0 Å². The van der Waals surface area contributed by atoms with Gasteiger partial charge >= 0.3 is 21.3 Å². The van der Waals surface area contributed by atoms with Crippen LogP contribution in [0.4, 0.5) is 13.2 Å². The third-order valence-electron chi connectivity index (χ3n) is 11.7. The highest BCUT2D eigenvalue weighted by molar-refractivity contribution is 7.86. The van der Waals surface area contributed by atoms with Gasteiger partial charge in [0.1, 0.15) is 0 Å². The highest BCUT2D eigenvalue weighted by Crippen LogP contribution is 2.68. The molecule has 12 heteroatoms.